The minimum Gasteiger partial charge on any atom is -0.348 e. The van der Waals surface area contributed by atoms with Crippen LogP contribution in [0.15, 0.2) is 24.3 Å². The van der Waals surface area contributed by atoms with Gasteiger partial charge in [-0.05, 0) is 37.3 Å². The van der Waals surface area contributed by atoms with Gasteiger partial charge in [-0.3, -0.25) is 14.5 Å². The average Bonchev–Trinajstić information content (AvgIpc) is 2.86. The van der Waals surface area contributed by atoms with Gasteiger partial charge in [0.2, 0.25) is 5.91 Å². The maximum atomic E-state index is 12.7. The number of carbonyl (C=O) groups excluding carboxylic acids is 3. The SMILES string of the molecule is CCc1ccc([C@@H](C)NC(=O)CN2C(=O)NC3(CCCCC3)C2=O)cc1. The predicted octanol–water partition coefficient (Wildman–Crippen LogP) is 2.68. The highest BCUT2D eigenvalue weighted by molar-refractivity contribution is 6.09. The molecule has 3 rings (SSSR count). The fourth-order valence-corrected chi connectivity index (χ4v) is 3.87. The van der Waals surface area contributed by atoms with E-state index in [4.69, 9.17) is 0 Å². The van der Waals surface area contributed by atoms with Gasteiger partial charge in [-0.2, -0.15) is 0 Å². The molecule has 0 radical (unpaired) electrons. The first-order chi connectivity index (χ1) is 12.4. The first kappa shape index (κ1) is 18.4. The highest BCUT2D eigenvalue weighted by atomic mass is 16.2. The van der Waals surface area contributed by atoms with Crippen LogP contribution in [-0.2, 0) is 16.0 Å². The Bertz CT molecular complexity index is 693. The minimum absolute atomic E-state index is 0.183. The number of imide groups is 1. The lowest BCUT2D eigenvalue weighted by molar-refractivity contribution is -0.136. The Kier molecular flexibility index (Phi) is 5.30. The van der Waals surface area contributed by atoms with Crippen molar-refractivity contribution in [1.29, 1.82) is 0 Å². The summed E-state index contributed by atoms with van der Waals surface area (Å²) in [6.07, 6.45) is 5.23. The molecular weight excluding hydrogens is 330 g/mol. The van der Waals surface area contributed by atoms with E-state index in [0.717, 1.165) is 36.1 Å². The zero-order chi connectivity index (χ0) is 18.7. The van der Waals surface area contributed by atoms with E-state index in [1.165, 1.54) is 5.56 Å². The van der Waals surface area contributed by atoms with E-state index >= 15 is 0 Å². The summed E-state index contributed by atoms with van der Waals surface area (Å²) in [4.78, 5) is 38.4. The smallest absolute Gasteiger partial charge is 0.325 e. The lowest BCUT2D eigenvalue weighted by Crippen LogP contribution is -2.49. The van der Waals surface area contributed by atoms with Crippen LogP contribution < -0.4 is 10.6 Å². The van der Waals surface area contributed by atoms with Crippen molar-refractivity contribution in [2.24, 2.45) is 0 Å². The number of hydrogen-bond acceptors (Lipinski definition) is 3. The Balaban J connectivity index is 1.60. The highest BCUT2D eigenvalue weighted by Gasteiger charge is 2.51. The molecule has 0 aromatic heterocycles. The van der Waals surface area contributed by atoms with Crippen LogP contribution in [0.25, 0.3) is 0 Å². The maximum absolute atomic E-state index is 12.7. The molecule has 2 aliphatic rings. The lowest BCUT2D eigenvalue weighted by atomic mass is 9.82. The third kappa shape index (κ3) is 3.59. The Morgan fingerprint density at radius 3 is 2.46 bits per heavy atom. The summed E-state index contributed by atoms with van der Waals surface area (Å²) in [7, 11) is 0. The summed E-state index contributed by atoms with van der Waals surface area (Å²) < 4.78 is 0. The fourth-order valence-electron chi connectivity index (χ4n) is 3.87. The largest absolute Gasteiger partial charge is 0.348 e. The first-order valence-corrected chi connectivity index (χ1v) is 9.47. The van der Waals surface area contributed by atoms with E-state index in [-0.39, 0.29) is 24.4 Å². The number of carbonyl (C=O) groups is 3. The molecule has 4 amide bonds. The highest BCUT2D eigenvalue weighted by Crippen LogP contribution is 2.33. The minimum atomic E-state index is -0.781. The van der Waals surface area contributed by atoms with Gasteiger partial charge in [0.1, 0.15) is 12.1 Å². The Hall–Kier alpha value is -2.37. The summed E-state index contributed by atoms with van der Waals surface area (Å²) in [5.74, 6) is -0.578. The van der Waals surface area contributed by atoms with Crippen molar-refractivity contribution in [2.45, 2.75) is 64.0 Å². The van der Waals surface area contributed by atoms with Gasteiger partial charge in [-0.15, -0.1) is 0 Å². The molecule has 1 aromatic rings. The molecule has 6 nitrogen and oxygen atoms in total. The molecule has 1 saturated carbocycles. The molecule has 1 aromatic carbocycles. The first-order valence-electron chi connectivity index (χ1n) is 9.47. The molecule has 2 N–H and O–H groups in total. The number of hydrogen-bond donors (Lipinski definition) is 2. The number of amides is 4. The van der Waals surface area contributed by atoms with Crippen LogP contribution in [0.3, 0.4) is 0 Å². The van der Waals surface area contributed by atoms with Crippen LogP contribution in [0.4, 0.5) is 4.79 Å². The topological polar surface area (TPSA) is 78.5 Å². The fraction of sp³-hybridized carbons (Fsp3) is 0.550. The van der Waals surface area contributed by atoms with Crippen molar-refractivity contribution in [3.05, 3.63) is 35.4 Å². The molecule has 1 heterocycles. The molecule has 2 fully saturated rings. The van der Waals surface area contributed by atoms with Gasteiger partial charge >= 0.3 is 6.03 Å². The number of benzene rings is 1. The maximum Gasteiger partial charge on any atom is 0.325 e. The van der Waals surface area contributed by atoms with Crippen LogP contribution >= 0.6 is 0 Å². The van der Waals surface area contributed by atoms with E-state index < -0.39 is 11.6 Å². The zero-order valence-corrected chi connectivity index (χ0v) is 15.5. The second kappa shape index (κ2) is 7.48. The van der Waals surface area contributed by atoms with Crippen LogP contribution in [0, 0.1) is 0 Å². The average molecular weight is 357 g/mol. The third-order valence-corrected chi connectivity index (χ3v) is 5.52. The van der Waals surface area contributed by atoms with Crippen molar-refractivity contribution in [2.75, 3.05) is 6.54 Å². The third-order valence-electron chi connectivity index (χ3n) is 5.52. The van der Waals surface area contributed by atoms with Crippen LogP contribution in [0.2, 0.25) is 0 Å². The predicted molar refractivity (Wildman–Crippen MR) is 98.4 cm³/mol. The molecule has 26 heavy (non-hydrogen) atoms. The molecule has 0 unspecified atom stereocenters. The summed E-state index contributed by atoms with van der Waals surface area (Å²) in [5, 5.41) is 5.71. The second-order valence-electron chi connectivity index (χ2n) is 7.35. The van der Waals surface area contributed by atoms with Crippen molar-refractivity contribution in [3.8, 4) is 0 Å². The van der Waals surface area contributed by atoms with E-state index in [1.807, 2.05) is 31.2 Å². The van der Waals surface area contributed by atoms with E-state index in [1.54, 1.807) is 0 Å². The number of aryl methyl sites for hydroxylation is 1. The normalized spacial score (nSPS) is 20.2. The molecule has 1 atom stereocenters. The van der Waals surface area contributed by atoms with Gasteiger partial charge in [0.05, 0.1) is 6.04 Å². The lowest BCUT2D eigenvalue weighted by Gasteiger charge is -2.30. The Morgan fingerprint density at radius 1 is 1.19 bits per heavy atom. The molecule has 140 valence electrons. The molecule has 1 saturated heterocycles. The number of rotatable bonds is 5. The molecule has 1 spiro atoms. The zero-order valence-electron chi connectivity index (χ0n) is 15.5. The number of nitrogens with zero attached hydrogens (tertiary/aromatic N) is 1. The van der Waals surface area contributed by atoms with E-state index in [9.17, 15) is 14.4 Å². The summed E-state index contributed by atoms with van der Waals surface area (Å²) >= 11 is 0. The van der Waals surface area contributed by atoms with Gasteiger partial charge in [-0.25, -0.2) is 4.79 Å². The van der Waals surface area contributed by atoms with E-state index in [0.29, 0.717) is 12.8 Å². The monoisotopic (exact) mass is 357 g/mol. The Morgan fingerprint density at radius 2 is 1.85 bits per heavy atom. The molecule has 6 heteroatoms. The van der Waals surface area contributed by atoms with Crippen molar-refractivity contribution < 1.29 is 14.4 Å². The summed E-state index contributed by atoms with van der Waals surface area (Å²) in [5.41, 5.74) is 1.46. The van der Waals surface area contributed by atoms with Gasteiger partial charge in [0, 0.05) is 0 Å². The summed E-state index contributed by atoms with van der Waals surface area (Å²) in [6, 6.07) is 7.44. The van der Waals surface area contributed by atoms with Gasteiger partial charge in [0.15, 0.2) is 0 Å². The van der Waals surface area contributed by atoms with Gasteiger partial charge < -0.3 is 10.6 Å². The van der Waals surface area contributed by atoms with Crippen LogP contribution in [-0.4, -0.2) is 34.8 Å². The molecular formula is C20H27N3O3. The molecule has 0 bridgehead atoms. The Labute approximate surface area is 154 Å². The van der Waals surface area contributed by atoms with E-state index in [2.05, 4.69) is 17.6 Å². The number of urea groups is 1. The van der Waals surface area contributed by atoms with Gasteiger partial charge in [0.25, 0.3) is 5.91 Å². The number of nitrogens with one attached hydrogen (secondary N) is 2. The van der Waals surface area contributed by atoms with Crippen molar-refractivity contribution >= 4 is 17.8 Å². The summed E-state index contributed by atoms with van der Waals surface area (Å²) in [6.45, 7) is 3.76. The van der Waals surface area contributed by atoms with Gasteiger partial charge in [-0.1, -0.05) is 50.5 Å². The quantitative estimate of drug-likeness (QED) is 0.795. The van der Waals surface area contributed by atoms with Crippen molar-refractivity contribution in [1.82, 2.24) is 15.5 Å². The van der Waals surface area contributed by atoms with Crippen molar-refractivity contribution in [3.63, 3.8) is 0 Å². The molecule has 1 aliphatic heterocycles. The van der Waals surface area contributed by atoms with Crippen LogP contribution in [0.1, 0.15) is 63.1 Å². The molecule has 1 aliphatic carbocycles. The standard InChI is InChI=1S/C20H27N3O3/c1-3-15-7-9-16(10-8-15)14(2)21-17(24)13-23-18(25)20(22-19(23)26)11-5-4-6-12-20/h7-10,14H,3-6,11-13H2,1-2H3,(H,21,24)(H,22,26)/t14-/m1/s1. The van der Waals surface area contributed by atoms with Crippen LogP contribution in [0.5, 0.6) is 0 Å². The second-order valence-corrected chi connectivity index (χ2v) is 7.35.